The molecular formula is C20H30N4O3. The largest absolute Gasteiger partial charge is 0.375 e. The van der Waals surface area contributed by atoms with Crippen molar-refractivity contribution in [3.63, 3.8) is 0 Å². The molecule has 0 bridgehead atoms. The first-order chi connectivity index (χ1) is 13.2. The smallest absolute Gasteiger partial charge is 0.251 e. The summed E-state index contributed by atoms with van der Waals surface area (Å²) in [4.78, 5) is 18.9. The molecule has 2 unspecified atom stereocenters. The lowest BCUT2D eigenvalue weighted by Crippen LogP contribution is -2.53. The molecule has 1 amide bonds. The van der Waals surface area contributed by atoms with Gasteiger partial charge in [0.25, 0.3) is 5.91 Å². The molecule has 1 aromatic carbocycles. The van der Waals surface area contributed by atoms with Crippen LogP contribution in [0, 0.1) is 0 Å². The first-order valence-corrected chi connectivity index (χ1v) is 9.78. The molecule has 0 aromatic heterocycles. The number of carbonyl (C=O) groups excluding carboxylic acids is 1. The minimum absolute atomic E-state index is 0.0830. The molecule has 2 saturated heterocycles. The third kappa shape index (κ3) is 5.20. The summed E-state index contributed by atoms with van der Waals surface area (Å²) in [5, 5.41) is 6.04. The molecule has 7 heteroatoms. The van der Waals surface area contributed by atoms with Crippen LogP contribution in [-0.2, 0) is 16.0 Å². The molecular weight excluding hydrogens is 344 g/mol. The predicted octanol–water partition coefficient (Wildman–Crippen LogP) is 1.39. The highest BCUT2D eigenvalue weighted by atomic mass is 16.5. The third-order valence-corrected chi connectivity index (χ3v) is 4.94. The van der Waals surface area contributed by atoms with Gasteiger partial charge in [0, 0.05) is 38.9 Å². The number of hydrogen-bond acceptors (Lipinski definition) is 4. The number of nitrogens with one attached hydrogen (secondary N) is 2. The van der Waals surface area contributed by atoms with Crippen molar-refractivity contribution in [3.8, 4) is 0 Å². The van der Waals surface area contributed by atoms with Gasteiger partial charge in [0.05, 0.1) is 19.3 Å². The van der Waals surface area contributed by atoms with Gasteiger partial charge in [-0.3, -0.25) is 4.79 Å². The van der Waals surface area contributed by atoms with Gasteiger partial charge >= 0.3 is 0 Å². The molecule has 148 valence electrons. The lowest BCUT2D eigenvalue weighted by atomic mass is 10.1. The van der Waals surface area contributed by atoms with Crippen LogP contribution in [0.2, 0.25) is 0 Å². The van der Waals surface area contributed by atoms with Crippen LogP contribution in [0.25, 0.3) is 0 Å². The summed E-state index contributed by atoms with van der Waals surface area (Å²) < 4.78 is 11.7. The zero-order valence-corrected chi connectivity index (χ0v) is 16.2. The summed E-state index contributed by atoms with van der Waals surface area (Å²) in [6.07, 6.45) is 2.47. The second-order valence-corrected chi connectivity index (χ2v) is 6.86. The molecule has 2 N–H and O–H groups in total. The topological polar surface area (TPSA) is 75.2 Å². The van der Waals surface area contributed by atoms with E-state index in [0.717, 1.165) is 50.6 Å². The maximum Gasteiger partial charge on any atom is 0.251 e. The quantitative estimate of drug-likeness (QED) is 0.602. The number of ether oxygens (including phenoxy) is 2. The highest BCUT2D eigenvalue weighted by molar-refractivity contribution is 5.94. The van der Waals surface area contributed by atoms with Crippen molar-refractivity contribution in [3.05, 3.63) is 35.4 Å². The van der Waals surface area contributed by atoms with Crippen molar-refractivity contribution < 1.29 is 14.3 Å². The average Bonchev–Trinajstić information content (AvgIpc) is 3.26. The predicted molar refractivity (Wildman–Crippen MR) is 105 cm³/mol. The number of rotatable bonds is 5. The maximum atomic E-state index is 11.8. The molecule has 1 aromatic rings. The Hall–Kier alpha value is -2.12. The standard InChI is InChI=1S/C20H30N4O3/c1-3-22-20(23-13-15-6-4-7-16(12-15)19(25)21-2)24-9-11-27-18(14-24)17-8-5-10-26-17/h4,6-7,12,17-18H,3,5,8-11,13-14H2,1-2H3,(H,21,25)(H,22,23). The molecule has 2 fully saturated rings. The van der Waals surface area contributed by atoms with Crippen molar-refractivity contribution in [1.82, 2.24) is 15.5 Å². The van der Waals surface area contributed by atoms with E-state index < -0.39 is 0 Å². The lowest BCUT2D eigenvalue weighted by Gasteiger charge is -2.37. The Morgan fingerprint density at radius 1 is 1.30 bits per heavy atom. The molecule has 0 aliphatic carbocycles. The molecule has 0 saturated carbocycles. The average molecular weight is 374 g/mol. The van der Waals surface area contributed by atoms with Crippen LogP contribution in [0.5, 0.6) is 0 Å². The zero-order chi connectivity index (χ0) is 19.1. The highest BCUT2D eigenvalue weighted by Gasteiger charge is 2.32. The third-order valence-electron chi connectivity index (χ3n) is 4.94. The minimum Gasteiger partial charge on any atom is -0.375 e. The van der Waals surface area contributed by atoms with E-state index >= 15 is 0 Å². The van der Waals surface area contributed by atoms with Crippen molar-refractivity contribution in [2.75, 3.05) is 39.9 Å². The van der Waals surface area contributed by atoms with Crippen LogP contribution in [0.3, 0.4) is 0 Å². The second kappa shape index (κ2) is 9.71. The summed E-state index contributed by atoms with van der Waals surface area (Å²) in [6.45, 7) is 6.51. The number of aliphatic imine (C=N–C) groups is 1. The van der Waals surface area contributed by atoms with Gasteiger partial charge in [0.15, 0.2) is 5.96 Å². The molecule has 3 rings (SSSR count). The first kappa shape index (κ1) is 19.6. The summed E-state index contributed by atoms with van der Waals surface area (Å²) >= 11 is 0. The number of morpholine rings is 1. The Morgan fingerprint density at radius 2 is 2.15 bits per heavy atom. The molecule has 2 aliphatic heterocycles. The van der Waals surface area contributed by atoms with Crippen molar-refractivity contribution >= 4 is 11.9 Å². The van der Waals surface area contributed by atoms with Gasteiger partial charge in [-0.25, -0.2) is 4.99 Å². The Balaban J connectivity index is 1.68. The fraction of sp³-hybridized carbons (Fsp3) is 0.600. The molecule has 2 heterocycles. The van der Waals surface area contributed by atoms with Gasteiger partial charge in [-0.2, -0.15) is 0 Å². The van der Waals surface area contributed by atoms with Crippen LogP contribution in [-0.4, -0.2) is 68.9 Å². The van der Waals surface area contributed by atoms with Gasteiger partial charge in [0.2, 0.25) is 0 Å². The molecule has 7 nitrogen and oxygen atoms in total. The summed E-state index contributed by atoms with van der Waals surface area (Å²) in [7, 11) is 1.64. The van der Waals surface area contributed by atoms with E-state index in [4.69, 9.17) is 14.5 Å². The summed E-state index contributed by atoms with van der Waals surface area (Å²) in [5.74, 6) is 0.800. The fourth-order valence-electron chi connectivity index (χ4n) is 3.54. The van der Waals surface area contributed by atoms with Crippen LogP contribution < -0.4 is 10.6 Å². The van der Waals surface area contributed by atoms with E-state index in [9.17, 15) is 4.79 Å². The van der Waals surface area contributed by atoms with E-state index in [0.29, 0.717) is 18.7 Å². The van der Waals surface area contributed by atoms with E-state index in [1.807, 2.05) is 24.3 Å². The molecule has 0 radical (unpaired) electrons. The summed E-state index contributed by atoms with van der Waals surface area (Å²) in [6, 6.07) is 7.59. The van der Waals surface area contributed by atoms with Crippen LogP contribution in [0.15, 0.2) is 29.3 Å². The van der Waals surface area contributed by atoms with Crippen LogP contribution >= 0.6 is 0 Å². The SMILES string of the molecule is CCNC(=NCc1cccc(C(=O)NC)c1)N1CCOC(C2CCCO2)C1. The van der Waals surface area contributed by atoms with Gasteiger partial charge in [-0.05, 0) is 37.5 Å². The second-order valence-electron chi connectivity index (χ2n) is 6.86. The lowest BCUT2D eigenvalue weighted by molar-refractivity contribution is -0.0817. The zero-order valence-electron chi connectivity index (χ0n) is 16.2. The Morgan fingerprint density at radius 3 is 2.89 bits per heavy atom. The van der Waals surface area contributed by atoms with Gasteiger partial charge < -0.3 is 25.0 Å². The number of hydrogen-bond donors (Lipinski definition) is 2. The van der Waals surface area contributed by atoms with Crippen LogP contribution in [0.1, 0.15) is 35.7 Å². The van der Waals surface area contributed by atoms with Gasteiger partial charge in [0.1, 0.15) is 6.10 Å². The van der Waals surface area contributed by atoms with E-state index in [-0.39, 0.29) is 18.1 Å². The monoisotopic (exact) mass is 374 g/mol. The Bertz CT molecular complexity index is 658. The number of amides is 1. The number of guanidine groups is 1. The first-order valence-electron chi connectivity index (χ1n) is 9.78. The summed E-state index contributed by atoms with van der Waals surface area (Å²) in [5.41, 5.74) is 1.66. The number of nitrogens with zero attached hydrogens (tertiary/aromatic N) is 2. The fourth-order valence-corrected chi connectivity index (χ4v) is 3.54. The van der Waals surface area contributed by atoms with Crippen LogP contribution in [0.4, 0.5) is 0 Å². The maximum absolute atomic E-state index is 11.8. The molecule has 2 aliphatic rings. The molecule has 0 spiro atoms. The highest BCUT2D eigenvalue weighted by Crippen LogP contribution is 2.21. The van der Waals surface area contributed by atoms with Gasteiger partial charge in [-0.1, -0.05) is 12.1 Å². The number of carbonyl (C=O) groups is 1. The van der Waals surface area contributed by atoms with Crippen molar-refractivity contribution in [2.24, 2.45) is 4.99 Å². The van der Waals surface area contributed by atoms with E-state index in [1.165, 1.54) is 0 Å². The van der Waals surface area contributed by atoms with Crippen molar-refractivity contribution in [2.45, 2.75) is 38.5 Å². The normalized spacial score (nSPS) is 23.3. The Labute approximate surface area is 161 Å². The van der Waals surface area contributed by atoms with E-state index in [2.05, 4.69) is 22.5 Å². The number of benzene rings is 1. The minimum atomic E-state index is -0.0830. The van der Waals surface area contributed by atoms with E-state index in [1.54, 1.807) is 7.05 Å². The molecule has 2 atom stereocenters. The van der Waals surface area contributed by atoms with Gasteiger partial charge in [-0.15, -0.1) is 0 Å². The Kier molecular flexibility index (Phi) is 7.06. The van der Waals surface area contributed by atoms with Crippen molar-refractivity contribution in [1.29, 1.82) is 0 Å². The molecule has 27 heavy (non-hydrogen) atoms.